The van der Waals surface area contributed by atoms with E-state index in [1.54, 1.807) is 30.6 Å². The Bertz CT molecular complexity index is 1020. The number of H-pyrrole nitrogens is 1. The molecule has 1 aromatic heterocycles. The summed E-state index contributed by atoms with van der Waals surface area (Å²) in [6, 6.07) is 8.19. The SMILES string of the molecule is COc1ccc([C@H]2C(C#N)=C(N)Oc3n[nH]c(C)c32)cc1CSC1=NCCS1. The van der Waals surface area contributed by atoms with E-state index in [0.717, 1.165) is 50.6 Å². The lowest BCUT2D eigenvalue weighted by molar-refractivity contribution is 0.378. The number of allylic oxidation sites excluding steroid dienone is 1. The number of aromatic nitrogens is 2. The molecule has 9 heteroatoms. The van der Waals surface area contributed by atoms with E-state index in [1.165, 1.54) is 0 Å². The number of nitrogens with two attached hydrogens (primary N) is 1. The lowest BCUT2D eigenvalue weighted by Crippen LogP contribution is -2.21. The molecule has 0 saturated heterocycles. The van der Waals surface area contributed by atoms with Crippen LogP contribution in [0.2, 0.25) is 0 Å². The number of aryl methyl sites for hydroxylation is 1. The third-order valence-electron chi connectivity index (χ3n) is 4.68. The van der Waals surface area contributed by atoms with Crippen molar-refractivity contribution in [2.24, 2.45) is 10.7 Å². The van der Waals surface area contributed by atoms with Crippen molar-refractivity contribution in [1.82, 2.24) is 10.2 Å². The second-order valence-electron chi connectivity index (χ2n) is 6.35. The molecule has 7 nitrogen and oxygen atoms in total. The summed E-state index contributed by atoms with van der Waals surface area (Å²) in [5.74, 6) is 2.77. The van der Waals surface area contributed by atoms with Gasteiger partial charge in [0.2, 0.25) is 11.8 Å². The van der Waals surface area contributed by atoms with Gasteiger partial charge < -0.3 is 15.2 Å². The van der Waals surface area contributed by atoms with Crippen molar-refractivity contribution in [2.45, 2.75) is 18.6 Å². The maximum absolute atomic E-state index is 9.72. The predicted octanol–water partition coefficient (Wildman–Crippen LogP) is 3.28. The van der Waals surface area contributed by atoms with Gasteiger partial charge in [-0.2, -0.15) is 5.26 Å². The van der Waals surface area contributed by atoms with Crippen LogP contribution in [-0.2, 0) is 5.75 Å². The zero-order chi connectivity index (χ0) is 19.7. The minimum atomic E-state index is -0.333. The largest absolute Gasteiger partial charge is 0.496 e. The van der Waals surface area contributed by atoms with E-state index in [0.29, 0.717) is 11.5 Å². The first-order valence-corrected chi connectivity index (χ1v) is 10.7. The molecule has 2 aliphatic heterocycles. The summed E-state index contributed by atoms with van der Waals surface area (Å²) in [5, 5.41) is 16.8. The van der Waals surface area contributed by atoms with Crippen molar-refractivity contribution in [1.29, 1.82) is 5.26 Å². The fourth-order valence-corrected chi connectivity index (χ4v) is 5.35. The molecule has 0 fully saturated rings. The maximum Gasteiger partial charge on any atom is 0.244 e. The Morgan fingerprint density at radius 2 is 2.36 bits per heavy atom. The second-order valence-corrected chi connectivity index (χ2v) is 8.65. The fourth-order valence-electron chi connectivity index (χ4n) is 3.37. The number of aromatic amines is 1. The van der Waals surface area contributed by atoms with E-state index >= 15 is 0 Å². The number of hydrogen-bond donors (Lipinski definition) is 2. The van der Waals surface area contributed by atoms with Gasteiger partial charge in [-0.05, 0) is 18.6 Å². The number of nitrogens with one attached hydrogen (secondary N) is 1. The van der Waals surface area contributed by atoms with Crippen molar-refractivity contribution < 1.29 is 9.47 Å². The molecule has 0 spiro atoms. The Hall–Kier alpha value is -2.57. The topological polar surface area (TPSA) is 109 Å². The van der Waals surface area contributed by atoms with E-state index in [9.17, 15) is 5.26 Å². The van der Waals surface area contributed by atoms with E-state index in [1.807, 2.05) is 19.1 Å². The van der Waals surface area contributed by atoms with Crippen LogP contribution < -0.4 is 15.2 Å². The van der Waals surface area contributed by atoms with Crippen LogP contribution in [0.5, 0.6) is 11.6 Å². The normalized spacial score (nSPS) is 18.3. The van der Waals surface area contributed by atoms with Crippen LogP contribution in [0.4, 0.5) is 0 Å². The fraction of sp³-hybridized carbons (Fsp3) is 0.316. The highest BCUT2D eigenvalue weighted by Gasteiger charge is 2.34. The van der Waals surface area contributed by atoms with Gasteiger partial charge in [0.25, 0.3) is 0 Å². The highest BCUT2D eigenvalue weighted by atomic mass is 32.2. The first-order chi connectivity index (χ1) is 13.6. The molecule has 0 radical (unpaired) electrons. The Balaban J connectivity index is 1.74. The molecule has 3 heterocycles. The van der Waals surface area contributed by atoms with E-state index in [4.69, 9.17) is 15.2 Å². The van der Waals surface area contributed by atoms with Crippen LogP contribution in [-0.4, -0.2) is 34.0 Å². The van der Waals surface area contributed by atoms with E-state index in [-0.39, 0.29) is 11.8 Å². The quantitative estimate of drug-likeness (QED) is 0.791. The van der Waals surface area contributed by atoms with Crippen LogP contribution >= 0.6 is 23.5 Å². The van der Waals surface area contributed by atoms with Crippen LogP contribution in [0.25, 0.3) is 0 Å². The molecule has 28 heavy (non-hydrogen) atoms. The summed E-state index contributed by atoms with van der Waals surface area (Å²) in [6.07, 6.45) is 0. The molecular weight excluding hydrogens is 394 g/mol. The molecular formula is C19H19N5O2S2. The molecule has 1 aromatic carbocycles. The van der Waals surface area contributed by atoms with Gasteiger partial charge in [-0.15, -0.1) is 5.10 Å². The summed E-state index contributed by atoms with van der Waals surface area (Å²) in [5.41, 5.74) is 10.1. The highest BCUT2D eigenvalue weighted by molar-refractivity contribution is 8.38. The van der Waals surface area contributed by atoms with Crippen molar-refractivity contribution in [3.8, 4) is 17.7 Å². The smallest absolute Gasteiger partial charge is 0.244 e. The average Bonchev–Trinajstić information content (AvgIpc) is 3.35. The summed E-state index contributed by atoms with van der Waals surface area (Å²) >= 11 is 3.49. The van der Waals surface area contributed by atoms with Gasteiger partial charge in [-0.1, -0.05) is 35.7 Å². The van der Waals surface area contributed by atoms with Crippen molar-refractivity contribution in [2.75, 3.05) is 19.4 Å². The molecule has 144 valence electrons. The predicted molar refractivity (Wildman–Crippen MR) is 112 cm³/mol. The first-order valence-electron chi connectivity index (χ1n) is 8.71. The van der Waals surface area contributed by atoms with Crippen LogP contribution in [0, 0.1) is 18.3 Å². The number of nitriles is 1. The monoisotopic (exact) mass is 413 g/mol. The Kier molecular flexibility index (Phi) is 5.24. The molecule has 0 amide bonds. The lowest BCUT2D eigenvalue weighted by Gasteiger charge is -2.24. The Morgan fingerprint density at radius 3 is 3.07 bits per heavy atom. The summed E-state index contributed by atoms with van der Waals surface area (Å²) in [6.45, 7) is 2.79. The van der Waals surface area contributed by atoms with Crippen molar-refractivity contribution >= 4 is 27.9 Å². The molecule has 0 aliphatic carbocycles. The highest BCUT2D eigenvalue weighted by Crippen LogP contribution is 2.43. The van der Waals surface area contributed by atoms with E-state index < -0.39 is 0 Å². The summed E-state index contributed by atoms with van der Waals surface area (Å²) in [4.78, 5) is 4.49. The zero-order valence-electron chi connectivity index (χ0n) is 15.5. The number of nitrogens with zero attached hydrogens (tertiary/aromatic N) is 3. The number of aliphatic imine (C=N–C) groups is 1. The van der Waals surface area contributed by atoms with Gasteiger partial charge in [-0.25, -0.2) is 0 Å². The van der Waals surface area contributed by atoms with Crippen molar-refractivity contribution in [3.63, 3.8) is 0 Å². The molecule has 3 N–H and O–H groups in total. The van der Waals surface area contributed by atoms with Gasteiger partial charge in [0.1, 0.15) is 21.8 Å². The number of rotatable bonds is 4. The first kappa shape index (κ1) is 18.8. The summed E-state index contributed by atoms with van der Waals surface area (Å²) in [7, 11) is 1.66. The zero-order valence-corrected chi connectivity index (χ0v) is 17.1. The molecule has 0 unspecified atom stereocenters. The minimum absolute atomic E-state index is 0.0926. The van der Waals surface area contributed by atoms with Gasteiger partial charge >= 0.3 is 0 Å². The number of methoxy groups -OCH3 is 1. The molecule has 0 saturated carbocycles. The van der Waals surface area contributed by atoms with Crippen molar-refractivity contribution in [3.05, 3.63) is 52.0 Å². The number of fused-ring (bicyclic) bond motifs is 1. The third kappa shape index (κ3) is 3.34. The second kappa shape index (κ2) is 7.81. The number of thioether (sulfide) groups is 2. The molecule has 2 aliphatic rings. The lowest BCUT2D eigenvalue weighted by atomic mass is 9.83. The molecule has 4 rings (SSSR count). The summed E-state index contributed by atoms with van der Waals surface area (Å²) < 4.78 is 12.2. The maximum atomic E-state index is 9.72. The van der Waals surface area contributed by atoms with Gasteiger partial charge in [0, 0.05) is 28.3 Å². The van der Waals surface area contributed by atoms with Crippen LogP contribution in [0.3, 0.4) is 0 Å². The third-order valence-corrected chi connectivity index (χ3v) is 6.98. The molecule has 2 aromatic rings. The Labute approximate surface area is 171 Å². The number of benzene rings is 1. The van der Waals surface area contributed by atoms with Gasteiger partial charge in [0.15, 0.2) is 0 Å². The number of hydrogen-bond acceptors (Lipinski definition) is 8. The van der Waals surface area contributed by atoms with Crippen LogP contribution in [0.1, 0.15) is 28.3 Å². The standard InChI is InChI=1S/C19H19N5O2S2/c1-10-15-16(13(8-20)17(21)26-18(15)24-23-10)11-3-4-14(25-2)12(7-11)9-28-19-22-5-6-27-19/h3-4,7,16H,5-6,9,21H2,1-2H3,(H,23,24)/t16-/m0/s1. The molecule has 1 atom stereocenters. The molecule has 0 bridgehead atoms. The van der Waals surface area contributed by atoms with E-state index in [2.05, 4.69) is 27.3 Å². The van der Waals surface area contributed by atoms with Gasteiger partial charge in [-0.3, -0.25) is 10.1 Å². The van der Waals surface area contributed by atoms with Crippen LogP contribution in [0.15, 0.2) is 34.6 Å². The number of ether oxygens (including phenoxy) is 2. The average molecular weight is 414 g/mol. The van der Waals surface area contributed by atoms with Gasteiger partial charge in [0.05, 0.1) is 19.6 Å². The Morgan fingerprint density at radius 1 is 1.50 bits per heavy atom. The minimum Gasteiger partial charge on any atom is -0.496 e.